The predicted octanol–water partition coefficient (Wildman–Crippen LogP) is 3.09. The predicted molar refractivity (Wildman–Crippen MR) is 116 cm³/mol. The molecule has 2 aromatic carbocycles. The van der Waals surface area contributed by atoms with Crippen LogP contribution < -0.4 is 10.6 Å². The van der Waals surface area contributed by atoms with E-state index in [0.717, 1.165) is 11.1 Å². The average molecular weight is 428 g/mol. The maximum Gasteiger partial charge on any atom is 0.132 e. The van der Waals surface area contributed by atoms with E-state index in [9.17, 15) is 19.0 Å². The van der Waals surface area contributed by atoms with Crippen molar-refractivity contribution in [2.45, 2.75) is 31.8 Å². The van der Waals surface area contributed by atoms with Gasteiger partial charge >= 0.3 is 0 Å². The zero-order valence-electron chi connectivity index (χ0n) is 17.2. The van der Waals surface area contributed by atoms with E-state index in [0.29, 0.717) is 30.3 Å². The Labute approximate surface area is 180 Å². The lowest BCUT2D eigenvalue weighted by Gasteiger charge is -2.20. The van der Waals surface area contributed by atoms with Crippen molar-refractivity contribution in [1.29, 1.82) is 0 Å². The molecule has 6 nitrogen and oxygen atoms in total. The highest BCUT2D eigenvalue weighted by molar-refractivity contribution is 5.49. The van der Waals surface area contributed by atoms with Crippen LogP contribution in [0.2, 0.25) is 0 Å². The van der Waals surface area contributed by atoms with Gasteiger partial charge in [0.05, 0.1) is 25.3 Å². The van der Waals surface area contributed by atoms with Gasteiger partial charge in [0.25, 0.3) is 0 Å². The number of hydrogen-bond acceptors (Lipinski definition) is 6. The second-order valence-corrected chi connectivity index (χ2v) is 7.39. The smallest absolute Gasteiger partial charge is 0.132 e. The van der Waals surface area contributed by atoms with Crippen LogP contribution in [0.25, 0.3) is 0 Å². The van der Waals surface area contributed by atoms with Crippen molar-refractivity contribution in [3.05, 3.63) is 83.2 Å². The zero-order valence-corrected chi connectivity index (χ0v) is 17.2. The van der Waals surface area contributed by atoms with Gasteiger partial charge in [0, 0.05) is 6.07 Å². The summed E-state index contributed by atoms with van der Waals surface area (Å²) in [7, 11) is 0. The van der Waals surface area contributed by atoms with Crippen LogP contribution in [0.4, 0.5) is 20.4 Å². The molecule has 1 heterocycles. The summed E-state index contributed by atoms with van der Waals surface area (Å²) < 4.78 is 26.2. The number of anilines is 2. The molecule has 0 saturated carbocycles. The third kappa shape index (κ3) is 6.97. The molecule has 0 saturated heterocycles. The number of aryl methyl sites for hydroxylation is 1. The fourth-order valence-electron chi connectivity index (χ4n) is 3.27. The maximum atomic E-state index is 13.1. The van der Waals surface area contributed by atoms with Crippen LogP contribution >= 0.6 is 0 Å². The molecular weight excluding hydrogens is 402 g/mol. The highest BCUT2D eigenvalue weighted by Crippen LogP contribution is 2.16. The summed E-state index contributed by atoms with van der Waals surface area (Å²) in [6, 6.07) is 13.3. The Balaban J connectivity index is 1.67. The normalized spacial score (nSPS) is 12.9. The Kier molecular flexibility index (Phi) is 7.86. The molecule has 2 atom stereocenters. The van der Waals surface area contributed by atoms with Crippen molar-refractivity contribution < 1.29 is 19.0 Å². The molecule has 0 fully saturated rings. The summed E-state index contributed by atoms with van der Waals surface area (Å²) in [5, 5.41) is 25.9. The second kappa shape index (κ2) is 10.8. The van der Waals surface area contributed by atoms with Gasteiger partial charge < -0.3 is 20.8 Å². The first-order valence-electron chi connectivity index (χ1n) is 10.0. The highest BCUT2D eigenvalue weighted by Gasteiger charge is 2.14. The van der Waals surface area contributed by atoms with Gasteiger partial charge in [-0.2, -0.15) is 0 Å². The number of benzene rings is 2. The van der Waals surface area contributed by atoms with Crippen LogP contribution in [-0.2, 0) is 12.8 Å². The molecule has 0 spiro atoms. The molecule has 0 aliphatic rings. The number of aliphatic hydroxyl groups is 2. The monoisotopic (exact) mass is 428 g/mol. The van der Waals surface area contributed by atoms with E-state index >= 15 is 0 Å². The third-order valence-electron chi connectivity index (χ3n) is 4.77. The van der Waals surface area contributed by atoms with Crippen molar-refractivity contribution in [2.24, 2.45) is 0 Å². The topological polar surface area (TPSA) is 90.3 Å². The maximum absolute atomic E-state index is 13.1. The highest BCUT2D eigenvalue weighted by atomic mass is 19.1. The number of rotatable bonds is 10. The molecule has 164 valence electrons. The summed E-state index contributed by atoms with van der Waals surface area (Å²) in [5.41, 5.74) is 1.77. The van der Waals surface area contributed by atoms with Crippen LogP contribution in [0, 0.1) is 18.6 Å². The largest absolute Gasteiger partial charge is 0.394 e. The van der Waals surface area contributed by atoms with Crippen molar-refractivity contribution in [1.82, 2.24) is 9.97 Å². The summed E-state index contributed by atoms with van der Waals surface area (Å²) in [5.74, 6) is 0.950. The van der Waals surface area contributed by atoms with E-state index in [1.807, 2.05) is 0 Å². The van der Waals surface area contributed by atoms with Gasteiger partial charge in [0.15, 0.2) is 0 Å². The van der Waals surface area contributed by atoms with Crippen molar-refractivity contribution in [3.63, 3.8) is 0 Å². The quantitative estimate of drug-likeness (QED) is 0.397. The summed E-state index contributed by atoms with van der Waals surface area (Å²) in [4.78, 5) is 8.73. The number of aliphatic hydroxyl groups excluding tert-OH is 2. The molecule has 0 bridgehead atoms. The minimum absolute atomic E-state index is 0.132. The Morgan fingerprint density at radius 2 is 1.13 bits per heavy atom. The zero-order chi connectivity index (χ0) is 22.2. The van der Waals surface area contributed by atoms with Gasteiger partial charge in [0.1, 0.15) is 29.1 Å². The van der Waals surface area contributed by atoms with Crippen LogP contribution in [0.15, 0.2) is 54.6 Å². The third-order valence-corrected chi connectivity index (χ3v) is 4.77. The molecule has 3 aromatic rings. The lowest BCUT2D eigenvalue weighted by atomic mass is 10.1. The molecule has 0 aliphatic carbocycles. The fraction of sp³-hybridized carbons (Fsp3) is 0.304. The number of nitrogens with one attached hydrogen (secondary N) is 2. The van der Waals surface area contributed by atoms with E-state index in [1.165, 1.54) is 24.3 Å². The molecule has 3 rings (SSSR count). The number of hydrogen-bond donors (Lipinski definition) is 4. The average Bonchev–Trinajstić information content (AvgIpc) is 2.75. The summed E-state index contributed by atoms with van der Waals surface area (Å²) in [6.45, 7) is 1.48. The first kappa shape index (κ1) is 22.6. The minimum atomic E-state index is -0.319. The molecule has 4 N–H and O–H groups in total. The number of nitrogens with zero attached hydrogens (tertiary/aromatic N) is 2. The van der Waals surface area contributed by atoms with Crippen LogP contribution in [0.5, 0.6) is 0 Å². The van der Waals surface area contributed by atoms with E-state index in [2.05, 4.69) is 20.6 Å². The second-order valence-electron chi connectivity index (χ2n) is 7.39. The first-order valence-corrected chi connectivity index (χ1v) is 10.0. The van der Waals surface area contributed by atoms with Gasteiger partial charge in [-0.05, 0) is 55.2 Å². The standard InChI is InChI=1S/C23H26F2N4O2/c1-15-26-22(28-20(13-30)10-16-2-6-18(24)7-3-16)12-23(27-15)29-21(14-31)11-17-4-8-19(25)9-5-17/h2-9,12,20-21,30-31H,10-11,13-14H2,1H3,(H2,26,27,28,29). The van der Waals surface area contributed by atoms with E-state index in [4.69, 9.17) is 0 Å². The lowest BCUT2D eigenvalue weighted by molar-refractivity contribution is 0.273. The Hall–Kier alpha value is -3.10. The summed E-state index contributed by atoms with van der Waals surface area (Å²) >= 11 is 0. The van der Waals surface area contributed by atoms with Crippen LogP contribution in [0.1, 0.15) is 17.0 Å². The lowest BCUT2D eigenvalue weighted by Crippen LogP contribution is -2.28. The number of halogens is 2. The molecule has 8 heteroatoms. The molecule has 0 amide bonds. The van der Waals surface area contributed by atoms with E-state index in [1.54, 1.807) is 37.3 Å². The Bertz CT molecular complexity index is 893. The molecule has 2 unspecified atom stereocenters. The summed E-state index contributed by atoms with van der Waals surface area (Å²) in [6.07, 6.45) is 0.985. The number of aromatic nitrogens is 2. The van der Waals surface area contributed by atoms with Gasteiger partial charge in [0.2, 0.25) is 0 Å². The van der Waals surface area contributed by atoms with Crippen molar-refractivity contribution >= 4 is 11.6 Å². The minimum Gasteiger partial charge on any atom is -0.394 e. The van der Waals surface area contributed by atoms with Crippen LogP contribution in [-0.4, -0.2) is 45.5 Å². The Morgan fingerprint density at radius 1 is 0.742 bits per heavy atom. The van der Waals surface area contributed by atoms with Gasteiger partial charge in [-0.15, -0.1) is 0 Å². The van der Waals surface area contributed by atoms with E-state index in [-0.39, 0.29) is 36.9 Å². The molecule has 31 heavy (non-hydrogen) atoms. The fourth-order valence-corrected chi connectivity index (χ4v) is 3.27. The van der Waals surface area contributed by atoms with Gasteiger partial charge in [-0.3, -0.25) is 0 Å². The van der Waals surface area contributed by atoms with Gasteiger partial charge in [-0.25, -0.2) is 18.7 Å². The SMILES string of the molecule is Cc1nc(NC(CO)Cc2ccc(F)cc2)cc(NC(CO)Cc2ccc(F)cc2)n1. The van der Waals surface area contributed by atoms with Crippen LogP contribution in [0.3, 0.4) is 0 Å². The molecule has 0 radical (unpaired) electrons. The van der Waals surface area contributed by atoms with Crippen molar-refractivity contribution in [2.75, 3.05) is 23.8 Å². The van der Waals surface area contributed by atoms with Crippen molar-refractivity contribution in [3.8, 4) is 0 Å². The molecule has 0 aliphatic heterocycles. The van der Waals surface area contributed by atoms with E-state index < -0.39 is 0 Å². The Morgan fingerprint density at radius 3 is 1.48 bits per heavy atom. The molecule has 1 aromatic heterocycles. The molecular formula is C23H26F2N4O2. The van der Waals surface area contributed by atoms with Gasteiger partial charge in [-0.1, -0.05) is 24.3 Å². The first-order chi connectivity index (χ1) is 14.9.